The van der Waals surface area contributed by atoms with Crippen LogP contribution >= 0.6 is 0 Å². The molecule has 1 aromatic carbocycles. The number of hydrogen-bond donors (Lipinski definition) is 3. The molecule has 19 heavy (non-hydrogen) atoms. The first-order chi connectivity index (χ1) is 8.97. The minimum atomic E-state index is -0.383. The van der Waals surface area contributed by atoms with Gasteiger partial charge in [0.2, 0.25) is 0 Å². The highest BCUT2D eigenvalue weighted by atomic mass is 16.3. The van der Waals surface area contributed by atoms with E-state index in [0.29, 0.717) is 12.6 Å². The molecule has 0 fully saturated rings. The van der Waals surface area contributed by atoms with E-state index in [0.717, 1.165) is 13.0 Å². The van der Waals surface area contributed by atoms with Gasteiger partial charge in [-0.05, 0) is 32.5 Å². The fourth-order valence-corrected chi connectivity index (χ4v) is 1.69. The van der Waals surface area contributed by atoms with Crippen LogP contribution in [0.3, 0.4) is 0 Å². The standard InChI is InChI=1S/C14H22N2O3/c1-4-10(2)16(3)9-8-15-14(19)11-6-5-7-12(17)13(11)18/h5-7,10,17-18H,4,8-9H2,1-3H3,(H,15,19). The molecule has 0 aliphatic rings. The number of nitrogens with zero attached hydrogens (tertiary/aromatic N) is 1. The maximum Gasteiger partial charge on any atom is 0.255 e. The summed E-state index contributed by atoms with van der Waals surface area (Å²) in [6.45, 7) is 5.47. The highest BCUT2D eigenvalue weighted by molar-refractivity contribution is 5.97. The normalized spacial score (nSPS) is 12.4. The van der Waals surface area contributed by atoms with Gasteiger partial charge in [-0.1, -0.05) is 13.0 Å². The Labute approximate surface area is 113 Å². The number of phenolic OH excluding ortho intramolecular Hbond substituents is 2. The van der Waals surface area contributed by atoms with Crippen molar-refractivity contribution in [3.05, 3.63) is 23.8 Å². The predicted octanol–water partition coefficient (Wildman–Crippen LogP) is 1.56. The van der Waals surface area contributed by atoms with Gasteiger partial charge in [0.15, 0.2) is 11.5 Å². The lowest BCUT2D eigenvalue weighted by atomic mass is 10.1. The average molecular weight is 266 g/mol. The number of benzene rings is 1. The molecule has 106 valence electrons. The molecule has 5 nitrogen and oxygen atoms in total. The second-order valence-corrected chi connectivity index (χ2v) is 4.67. The molecule has 0 heterocycles. The van der Waals surface area contributed by atoms with E-state index in [9.17, 15) is 15.0 Å². The SMILES string of the molecule is CCC(C)N(C)CCNC(=O)c1cccc(O)c1O. The monoisotopic (exact) mass is 266 g/mol. The van der Waals surface area contributed by atoms with Crippen LogP contribution in [-0.2, 0) is 0 Å². The summed E-state index contributed by atoms with van der Waals surface area (Å²) in [5, 5.41) is 21.6. The second kappa shape index (κ2) is 6.99. The Morgan fingerprint density at radius 3 is 2.74 bits per heavy atom. The molecule has 5 heteroatoms. The van der Waals surface area contributed by atoms with E-state index >= 15 is 0 Å². The molecule has 0 saturated heterocycles. The number of amides is 1. The summed E-state index contributed by atoms with van der Waals surface area (Å²) < 4.78 is 0. The third kappa shape index (κ3) is 4.13. The van der Waals surface area contributed by atoms with Gasteiger partial charge in [0.25, 0.3) is 5.91 Å². The van der Waals surface area contributed by atoms with Crippen molar-refractivity contribution in [1.29, 1.82) is 0 Å². The summed E-state index contributed by atoms with van der Waals surface area (Å²) in [6, 6.07) is 4.80. The minimum absolute atomic E-state index is 0.0891. The molecule has 0 bridgehead atoms. The van der Waals surface area contributed by atoms with Gasteiger partial charge in [0.05, 0.1) is 5.56 Å². The van der Waals surface area contributed by atoms with Gasteiger partial charge in [-0.3, -0.25) is 4.79 Å². The summed E-state index contributed by atoms with van der Waals surface area (Å²) in [5.41, 5.74) is 0.0891. The Kier molecular flexibility index (Phi) is 5.63. The molecular weight excluding hydrogens is 244 g/mol. The van der Waals surface area contributed by atoms with Gasteiger partial charge in [0.1, 0.15) is 0 Å². The maximum absolute atomic E-state index is 11.8. The first kappa shape index (κ1) is 15.3. The zero-order chi connectivity index (χ0) is 14.4. The number of carbonyl (C=O) groups excluding carboxylic acids is 1. The highest BCUT2D eigenvalue weighted by Crippen LogP contribution is 2.27. The Bertz CT molecular complexity index is 435. The molecule has 0 spiro atoms. The van der Waals surface area contributed by atoms with Crippen molar-refractivity contribution in [2.45, 2.75) is 26.3 Å². The molecule has 1 rings (SSSR count). The molecule has 1 unspecified atom stereocenters. The van der Waals surface area contributed by atoms with Crippen molar-refractivity contribution < 1.29 is 15.0 Å². The van der Waals surface area contributed by atoms with Crippen molar-refractivity contribution >= 4 is 5.91 Å². The molecule has 1 atom stereocenters. The Morgan fingerprint density at radius 2 is 2.11 bits per heavy atom. The van der Waals surface area contributed by atoms with Crippen LogP contribution in [0.1, 0.15) is 30.6 Å². The van der Waals surface area contributed by atoms with E-state index in [1.807, 2.05) is 7.05 Å². The van der Waals surface area contributed by atoms with Gasteiger partial charge >= 0.3 is 0 Å². The third-order valence-electron chi connectivity index (χ3n) is 3.35. The Balaban J connectivity index is 2.50. The number of carbonyl (C=O) groups is 1. The first-order valence-electron chi connectivity index (χ1n) is 6.46. The molecule has 3 N–H and O–H groups in total. The van der Waals surface area contributed by atoms with Gasteiger partial charge in [-0.15, -0.1) is 0 Å². The molecule has 1 amide bonds. The van der Waals surface area contributed by atoms with Crippen molar-refractivity contribution in [3.8, 4) is 11.5 Å². The molecular formula is C14H22N2O3. The number of nitrogens with one attached hydrogen (secondary N) is 1. The van der Waals surface area contributed by atoms with Crippen LogP contribution < -0.4 is 5.32 Å². The number of phenols is 2. The lowest BCUT2D eigenvalue weighted by Crippen LogP contribution is -2.37. The zero-order valence-electron chi connectivity index (χ0n) is 11.7. The minimum Gasteiger partial charge on any atom is -0.504 e. The molecule has 0 aromatic heterocycles. The summed E-state index contributed by atoms with van der Waals surface area (Å²) in [6.07, 6.45) is 1.05. The molecule has 0 saturated carbocycles. The van der Waals surface area contributed by atoms with Crippen molar-refractivity contribution in [2.75, 3.05) is 20.1 Å². The molecule has 1 aromatic rings. The predicted molar refractivity (Wildman–Crippen MR) is 74.5 cm³/mol. The van der Waals surface area contributed by atoms with Crippen LogP contribution in [0.5, 0.6) is 11.5 Å². The highest BCUT2D eigenvalue weighted by Gasteiger charge is 2.14. The van der Waals surface area contributed by atoms with Crippen molar-refractivity contribution in [1.82, 2.24) is 10.2 Å². The van der Waals surface area contributed by atoms with Crippen LogP contribution in [0.2, 0.25) is 0 Å². The van der Waals surface area contributed by atoms with E-state index in [-0.39, 0.29) is 23.0 Å². The first-order valence-corrected chi connectivity index (χ1v) is 6.46. The maximum atomic E-state index is 11.8. The number of rotatable bonds is 6. The number of aromatic hydroxyl groups is 2. The zero-order valence-corrected chi connectivity index (χ0v) is 11.7. The van der Waals surface area contributed by atoms with E-state index in [1.165, 1.54) is 18.2 Å². The lowest BCUT2D eigenvalue weighted by Gasteiger charge is -2.23. The number of hydrogen-bond acceptors (Lipinski definition) is 4. The van der Waals surface area contributed by atoms with Gasteiger partial charge < -0.3 is 20.4 Å². The number of likely N-dealkylation sites (N-methyl/N-ethyl adjacent to an activating group) is 1. The summed E-state index contributed by atoms with van der Waals surface area (Å²) >= 11 is 0. The van der Waals surface area contributed by atoms with E-state index in [1.54, 1.807) is 0 Å². The van der Waals surface area contributed by atoms with Crippen LogP contribution in [-0.4, -0.2) is 47.2 Å². The van der Waals surface area contributed by atoms with Crippen LogP contribution in [0.15, 0.2) is 18.2 Å². The molecule has 0 aliphatic carbocycles. The van der Waals surface area contributed by atoms with Crippen LogP contribution in [0.4, 0.5) is 0 Å². The topological polar surface area (TPSA) is 72.8 Å². The van der Waals surface area contributed by atoms with Crippen LogP contribution in [0, 0.1) is 0 Å². The van der Waals surface area contributed by atoms with E-state index in [4.69, 9.17) is 0 Å². The quantitative estimate of drug-likeness (QED) is 0.683. The van der Waals surface area contributed by atoms with E-state index in [2.05, 4.69) is 24.1 Å². The molecule has 0 aliphatic heterocycles. The fraction of sp³-hybridized carbons (Fsp3) is 0.500. The molecule has 0 radical (unpaired) electrons. The van der Waals surface area contributed by atoms with E-state index < -0.39 is 0 Å². The number of para-hydroxylation sites is 1. The fourth-order valence-electron chi connectivity index (χ4n) is 1.69. The van der Waals surface area contributed by atoms with Crippen molar-refractivity contribution in [2.24, 2.45) is 0 Å². The van der Waals surface area contributed by atoms with Gasteiger partial charge in [-0.25, -0.2) is 0 Å². The Hall–Kier alpha value is -1.75. The smallest absolute Gasteiger partial charge is 0.255 e. The second-order valence-electron chi connectivity index (χ2n) is 4.67. The van der Waals surface area contributed by atoms with Gasteiger partial charge in [0, 0.05) is 19.1 Å². The lowest BCUT2D eigenvalue weighted by molar-refractivity contribution is 0.0944. The van der Waals surface area contributed by atoms with Crippen LogP contribution in [0.25, 0.3) is 0 Å². The summed E-state index contributed by atoms with van der Waals surface area (Å²) in [5.74, 6) is -1.05. The average Bonchev–Trinajstić information content (AvgIpc) is 2.40. The Morgan fingerprint density at radius 1 is 1.42 bits per heavy atom. The van der Waals surface area contributed by atoms with Crippen molar-refractivity contribution in [3.63, 3.8) is 0 Å². The van der Waals surface area contributed by atoms with Gasteiger partial charge in [-0.2, -0.15) is 0 Å². The summed E-state index contributed by atoms with van der Waals surface area (Å²) in [7, 11) is 2.01. The summed E-state index contributed by atoms with van der Waals surface area (Å²) in [4.78, 5) is 14.0. The third-order valence-corrected chi connectivity index (χ3v) is 3.35. The largest absolute Gasteiger partial charge is 0.504 e.